The number of rotatable bonds is 47. The Morgan fingerprint density at radius 2 is 0.576 bits per heavy atom. The van der Waals surface area contributed by atoms with Gasteiger partial charge in [0, 0.05) is 19.3 Å². The predicted octanol–water partition coefficient (Wildman–Crippen LogP) is 16.8. The molecule has 0 heterocycles. The van der Waals surface area contributed by atoms with Crippen LogP contribution in [0.2, 0.25) is 0 Å². The fourth-order valence-electron chi connectivity index (χ4n) is 7.48. The monoisotopic (exact) mass is 831 g/mol. The molecule has 59 heavy (non-hydrogen) atoms. The quantitative estimate of drug-likeness (QED) is 0.0263. The fraction of sp³-hybridized carbons (Fsp3) is 0.868. The fourth-order valence-corrected chi connectivity index (χ4v) is 7.48. The van der Waals surface area contributed by atoms with Crippen molar-refractivity contribution in [1.82, 2.24) is 0 Å². The third-order valence-electron chi connectivity index (χ3n) is 11.4. The summed E-state index contributed by atoms with van der Waals surface area (Å²) in [5.41, 5.74) is 0. The van der Waals surface area contributed by atoms with E-state index in [9.17, 15) is 14.4 Å². The number of esters is 3. The van der Waals surface area contributed by atoms with Crippen molar-refractivity contribution in [1.29, 1.82) is 0 Å². The van der Waals surface area contributed by atoms with Gasteiger partial charge in [-0.2, -0.15) is 0 Å². The van der Waals surface area contributed by atoms with Gasteiger partial charge in [0.1, 0.15) is 13.2 Å². The first-order valence-corrected chi connectivity index (χ1v) is 25.8. The van der Waals surface area contributed by atoms with Crippen LogP contribution in [0.4, 0.5) is 0 Å². The molecule has 0 rings (SSSR count). The van der Waals surface area contributed by atoms with Gasteiger partial charge in [0.2, 0.25) is 0 Å². The summed E-state index contributed by atoms with van der Waals surface area (Å²) >= 11 is 0. The molecule has 0 aromatic heterocycles. The van der Waals surface area contributed by atoms with Crippen molar-refractivity contribution in [3.05, 3.63) is 24.3 Å². The van der Waals surface area contributed by atoms with E-state index in [2.05, 4.69) is 45.1 Å². The molecule has 0 spiro atoms. The Kier molecular flexibility index (Phi) is 46.8. The number of ether oxygens (including phenoxy) is 3. The van der Waals surface area contributed by atoms with Crippen LogP contribution in [0, 0.1) is 0 Å². The van der Waals surface area contributed by atoms with E-state index in [4.69, 9.17) is 14.2 Å². The average molecular weight is 831 g/mol. The highest BCUT2D eigenvalue weighted by atomic mass is 16.6. The van der Waals surface area contributed by atoms with Crippen molar-refractivity contribution in [2.24, 2.45) is 0 Å². The summed E-state index contributed by atoms with van der Waals surface area (Å²) in [5.74, 6) is -0.882. The molecule has 0 N–H and O–H groups in total. The number of hydrogen-bond donors (Lipinski definition) is 0. The van der Waals surface area contributed by atoms with E-state index < -0.39 is 6.10 Å². The molecule has 0 unspecified atom stereocenters. The summed E-state index contributed by atoms with van der Waals surface area (Å²) < 4.78 is 16.8. The summed E-state index contributed by atoms with van der Waals surface area (Å²) in [6.45, 7) is 6.59. The summed E-state index contributed by atoms with van der Waals surface area (Å²) in [4.78, 5) is 37.9. The van der Waals surface area contributed by atoms with Crippen LogP contribution in [-0.2, 0) is 28.6 Å². The van der Waals surface area contributed by atoms with Crippen molar-refractivity contribution >= 4 is 17.9 Å². The van der Waals surface area contributed by atoms with Gasteiger partial charge in [-0.1, -0.05) is 218 Å². The van der Waals surface area contributed by atoms with Gasteiger partial charge in [-0.3, -0.25) is 14.4 Å². The molecule has 0 radical (unpaired) electrons. The van der Waals surface area contributed by atoms with Crippen molar-refractivity contribution in [3.63, 3.8) is 0 Å². The number of carbonyl (C=O) groups excluding carboxylic acids is 3. The smallest absolute Gasteiger partial charge is 0.306 e. The predicted molar refractivity (Wildman–Crippen MR) is 252 cm³/mol. The molecule has 0 aliphatic heterocycles. The van der Waals surface area contributed by atoms with Crippen LogP contribution in [0.5, 0.6) is 0 Å². The molecule has 0 aromatic rings. The summed E-state index contributed by atoms with van der Waals surface area (Å²) in [7, 11) is 0. The van der Waals surface area contributed by atoms with E-state index in [1.807, 2.05) is 0 Å². The lowest BCUT2D eigenvalue weighted by molar-refractivity contribution is -0.167. The Morgan fingerprint density at radius 3 is 0.932 bits per heavy atom. The second kappa shape index (κ2) is 48.6. The van der Waals surface area contributed by atoms with E-state index in [1.54, 1.807) is 0 Å². The largest absolute Gasteiger partial charge is 0.462 e. The van der Waals surface area contributed by atoms with Gasteiger partial charge < -0.3 is 14.2 Å². The first-order chi connectivity index (χ1) is 29.0. The number of carbonyl (C=O) groups is 3. The van der Waals surface area contributed by atoms with E-state index in [0.29, 0.717) is 19.3 Å². The minimum absolute atomic E-state index is 0.0737. The standard InChI is InChI=1S/C53H98O6/c1-4-7-10-13-16-19-22-24-25-26-27-28-29-32-34-37-40-43-46-52(55)58-49-50(48-57-51(54)45-42-39-36-33-30-21-18-15-12-9-6-3)59-53(56)47-44-41-38-35-31-23-20-17-14-11-8-5-2/h15,17-18,20,50H,4-14,16,19,21-49H2,1-3H3/b18-15-,20-17-/t50-/m1/s1. The second-order valence-corrected chi connectivity index (χ2v) is 17.4. The third kappa shape index (κ3) is 46.8. The molecule has 0 aliphatic rings. The van der Waals surface area contributed by atoms with E-state index >= 15 is 0 Å². The maximum absolute atomic E-state index is 12.7. The summed E-state index contributed by atoms with van der Waals surface area (Å²) in [6, 6.07) is 0. The number of unbranched alkanes of at least 4 members (excludes halogenated alkanes) is 32. The van der Waals surface area contributed by atoms with Gasteiger partial charge >= 0.3 is 17.9 Å². The molecule has 0 aromatic carbocycles. The van der Waals surface area contributed by atoms with Gasteiger partial charge in [-0.15, -0.1) is 0 Å². The van der Waals surface area contributed by atoms with E-state index in [-0.39, 0.29) is 31.1 Å². The van der Waals surface area contributed by atoms with Gasteiger partial charge in [0.05, 0.1) is 0 Å². The lowest BCUT2D eigenvalue weighted by Gasteiger charge is -2.18. The van der Waals surface area contributed by atoms with E-state index in [1.165, 1.54) is 167 Å². The van der Waals surface area contributed by atoms with Gasteiger partial charge in [0.15, 0.2) is 6.10 Å². The Balaban J connectivity index is 4.29. The molecule has 1 atom stereocenters. The SMILES string of the molecule is CCCC/C=C\CCCCCCCC(=O)OC[C@H](COC(=O)CCCCCCCCCCCCCCCCCCCC)OC(=O)CCCCCCC/C=C\CCCCC. The molecule has 346 valence electrons. The lowest BCUT2D eigenvalue weighted by Crippen LogP contribution is -2.30. The highest BCUT2D eigenvalue weighted by Gasteiger charge is 2.19. The van der Waals surface area contributed by atoms with Crippen LogP contribution in [0.3, 0.4) is 0 Å². The summed E-state index contributed by atoms with van der Waals surface area (Å²) in [5, 5.41) is 0. The zero-order valence-corrected chi connectivity index (χ0v) is 39.5. The number of hydrogen-bond acceptors (Lipinski definition) is 6. The third-order valence-corrected chi connectivity index (χ3v) is 11.4. The maximum Gasteiger partial charge on any atom is 0.306 e. The zero-order chi connectivity index (χ0) is 43.0. The lowest BCUT2D eigenvalue weighted by atomic mass is 10.0. The molecule has 6 heteroatoms. The molecule has 0 bridgehead atoms. The Morgan fingerprint density at radius 1 is 0.322 bits per heavy atom. The molecule has 0 fully saturated rings. The Hall–Kier alpha value is -2.11. The minimum Gasteiger partial charge on any atom is -0.462 e. The van der Waals surface area contributed by atoms with Gasteiger partial charge in [-0.05, 0) is 64.2 Å². The molecular formula is C53H98O6. The van der Waals surface area contributed by atoms with Crippen LogP contribution < -0.4 is 0 Å². The first-order valence-electron chi connectivity index (χ1n) is 25.8. The van der Waals surface area contributed by atoms with Gasteiger partial charge in [-0.25, -0.2) is 0 Å². The van der Waals surface area contributed by atoms with Crippen LogP contribution in [0.1, 0.15) is 278 Å². The molecule has 6 nitrogen and oxygen atoms in total. The summed E-state index contributed by atoms with van der Waals surface area (Å²) in [6.07, 6.45) is 54.5. The topological polar surface area (TPSA) is 78.9 Å². The highest BCUT2D eigenvalue weighted by Crippen LogP contribution is 2.16. The molecule has 0 amide bonds. The molecule has 0 saturated heterocycles. The Labute approximate surface area is 366 Å². The zero-order valence-electron chi connectivity index (χ0n) is 39.5. The minimum atomic E-state index is -0.773. The molecular weight excluding hydrogens is 733 g/mol. The maximum atomic E-state index is 12.7. The van der Waals surface area contributed by atoms with Crippen molar-refractivity contribution in [2.75, 3.05) is 13.2 Å². The van der Waals surface area contributed by atoms with Gasteiger partial charge in [0.25, 0.3) is 0 Å². The van der Waals surface area contributed by atoms with Crippen molar-refractivity contribution in [2.45, 2.75) is 284 Å². The number of allylic oxidation sites excluding steroid dienone is 4. The normalized spacial score (nSPS) is 12.1. The highest BCUT2D eigenvalue weighted by molar-refractivity contribution is 5.71. The molecule has 0 aliphatic carbocycles. The molecule has 0 saturated carbocycles. The second-order valence-electron chi connectivity index (χ2n) is 17.4. The average Bonchev–Trinajstić information content (AvgIpc) is 3.23. The van der Waals surface area contributed by atoms with Crippen LogP contribution in [0.15, 0.2) is 24.3 Å². The van der Waals surface area contributed by atoms with Crippen LogP contribution >= 0.6 is 0 Å². The van der Waals surface area contributed by atoms with Crippen LogP contribution in [-0.4, -0.2) is 37.2 Å². The van der Waals surface area contributed by atoms with Crippen LogP contribution in [0.25, 0.3) is 0 Å². The first kappa shape index (κ1) is 56.9. The van der Waals surface area contributed by atoms with Crippen molar-refractivity contribution in [3.8, 4) is 0 Å². The van der Waals surface area contributed by atoms with E-state index in [0.717, 1.165) is 70.6 Å². The van der Waals surface area contributed by atoms with Crippen molar-refractivity contribution < 1.29 is 28.6 Å². The Bertz CT molecular complexity index is 958.